The molecule has 466 valence electrons. The SMILES string of the molecule is CO[C@@H]1[C@@H](O)[C@H](O[C@@H]2[C@@H](O)[C@H](O[C@H]3[C@H](O)[C@@H](O)[C@H](O[C@H]4[C@H](OC5CC[C@]6(C)C7=C[C@H](O)[C@]89C(=O)O[C@@](C)(CCCC(C)(C)O)[C@@]8(O)CC[C@@]9(C)[C@@H]7CC[C@H]6C5(C)C)OC[C@@H](OS(=O)(=O)[O-])[C@@H]4O)O[C@@H]3C)O[C@H](C)[C@H]2O)O[C@H](CO)[C@H]1O.[Na+]. The summed E-state index contributed by atoms with van der Waals surface area (Å²) in [6, 6.07) is 0. The molecule has 5 heterocycles. The van der Waals surface area contributed by atoms with Crippen molar-refractivity contribution in [2.75, 3.05) is 20.3 Å². The number of hydrogen-bond donors (Lipinski definition) is 11. The molecule has 9 rings (SSSR count). The largest absolute Gasteiger partial charge is 1.00 e. The Morgan fingerprint density at radius 1 is 0.732 bits per heavy atom. The summed E-state index contributed by atoms with van der Waals surface area (Å²) >= 11 is 0. The Kier molecular flexibility index (Phi) is 19.6. The minimum absolute atomic E-state index is 0. The summed E-state index contributed by atoms with van der Waals surface area (Å²) in [5.74, 6) is -0.973. The number of carbonyl (C=O) groups is 1. The topological polar surface area (TPSA) is 398 Å². The molecule has 26 nitrogen and oxygen atoms in total. The van der Waals surface area contributed by atoms with Crippen molar-refractivity contribution in [1.82, 2.24) is 0 Å². The number of methoxy groups -OCH3 is 1. The molecule has 0 bridgehead atoms. The average Bonchev–Trinajstić information content (AvgIpc) is 1.54. The second-order valence-electron chi connectivity index (χ2n) is 26.3. The van der Waals surface area contributed by atoms with Gasteiger partial charge in [0, 0.05) is 7.11 Å². The van der Waals surface area contributed by atoms with Crippen molar-refractivity contribution < 1.29 is 155 Å². The number of carbonyl (C=O) groups excluding carboxylic acids is 1. The molecule has 5 saturated heterocycles. The Hall–Kier alpha value is -0.720. The Morgan fingerprint density at radius 2 is 1.34 bits per heavy atom. The second kappa shape index (κ2) is 23.9. The number of aliphatic hydroxyl groups is 11. The molecule has 0 aromatic heterocycles. The third-order valence-corrected chi connectivity index (χ3v) is 21.2. The molecule has 4 aliphatic carbocycles. The van der Waals surface area contributed by atoms with Crippen molar-refractivity contribution in [3.8, 4) is 0 Å². The van der Waals surface area contributed by atoms with Gasteiger partial charge < -0.3 is 108 Å². The molecular formula is C54H87NaO26S. The van der Waals surface area contributed by atoms with E-state index in [4.69, 9.17) is 47.4 Å². The van der Waals surface area contributed by atoms with Crippen LogP contribution in [0.2, 0.25) is 0 Å². The number of aliphatic hydroxyl groups excluding tert-OH is 9. The molecule has 8 fully saturated rings. The third-order valence-electron chi connectivity index (χ3n) is 20.7. The van der Waals surface area contributed by atoms with E-state index in [2.05, 4.69) is 11.1 Å². The van der Waals surface area contributed by atoms with Crippen LogP contribution in [-0.4, -0.2) is 241 Å². The zero-order chi connectivity index (χ0) is 59.7. The number of cyclic esters (lactones) is 1. The molecule has 28 atom stereocenters. The van der Waals surface area contributed by atoms with Gasteiger partial charge in [0.2, 0.25) is 10.4 Å². The van der Waals surface area contributed by atoms with Gasteiger partial charge >= 0.3 is 35.5 Å². The summed E-state index contributed by atoms with van der Waals surface area (Å²) in [4.78, 5) is 14.5. The third kappa shape index (κ3) is 11.1. The molecular weight excluding hydrogens is 1120 g/mol. The van der Waals surface area contributed by atoms with Crippen LogP contribution in [0.25, 0.3) is 0 Å². The van der Waals surface area contributed by atoms with Gasteiger partial charge in [0.05, 0.1) is 43.2 Å². The van der Waals surface area contributed by atoms with E-state index in [0.717, 1.165) is 5.57 Å². The van der Waals surface area contributed by atoms with Gasteiger partial charge in [0.25, 0.3) is 0 Å². The van der Waals surface area contributed by atoms with Crippen molar-refractivity contribution in [1.29, 1.82) is 0 Å². The van der Waals surface area contributed by atoms with Crippen molar-refractivity contribution in [2.45, 2.75) is 266 Å². The van der Waals surface area contributed by atoms with Crippen LogP contribution >= 0.6 is 0 Å². The first-order valence-electron chi connectivity index (χ1n) is 28.4. The van der Waals surface area contributed by atoms with E-state index in [0.29, 0.717) is 51.4 Å². The fraction of sp³-hybridized carbons (Fsp3) is 0.944. The molecule has 0 amide bonds. The molecule has 9 aliphatic rings. The normalized spacial score (nSPS) is 51.2. The molecule has 1 spiro atoms. The van der Waals surface area contributed by atoms with E-state index < -0.39 is 197 Å². The Morgan fingerprint density at radius 3 is 1.98 bits per heavy atom. The maximum absolute atomic E-state index is 14.5. The maximum Gasteiger partial charge on any atom is 1.00 e. The molecule has 0 aromatic carbocycles. The number of allylic oxidation sites excluding steroid dienone is 1. The summed E-state index contributed by atoms with van der Waals surface area (Å²) < 4.78 is 99.9. The summed E-state index contributed by atoms with van der Waals surface area (Å²) in [5.41, 5.74) is -6.81. The number of ether oxygens (including phenoxy) is 10. The van der Waals surface area contributed by atoms with Gasteiger partial charge in [-0.2, -0.15) is 0 Å². The molecule has 0 aromatic rings. The Bertz CT molecular complexity index is 2420. The predicted molar refractivity (Wildman–Crippen MR) is 272 cm³/mol. The van der Waals surface area contributed by atoms with Gasteiger partial charge in [-0.3, -0.25) is 8.98 Å². The van der Waals surface area contributed by atoms with Gasteiger partial charge in [-0.1, -0.05) is 39.3 Å². The minimum atomic E-state index is -5.43. The molecule has 0 radical (unpaired) electrons. The minimum Gasteiger partial charge on any atom is -0.726 e. The van der Waals surface area contributed by atoms with Crippen LogP contribution in [0.15, 0.2) is 11.6 Å². The van der Waals surface area contributed by atoms with E-state index in [1.54, 1.807) is 26.8 Å². The monoisotopic (exact) mass is 1210 g/mol. The van der Waals surface area contributed by atoms with Gasteiger partial charge in [0.15, 0.2) is 25.2 Å². The fourth-order valence-corrected chi connectivity index (χ4v) is 16.9. The Balaban J connectivity index is 0.00000880. The van der Waals surface area contributed by atoms with Crippen LogP contribution in [0.3, 0.4) is 0 Å². The fourth-order valence-electron chi connectivity index (χ4n) is 16.4. The van der Waals surface area contributed by atoms with E-state index in [9.17, 15) is 73.9 Å². The quantitative estimate of drug-likeness (QED) is 0.0173. The zero-order valence-electron chi connectivity index (χ0n) is 48.6. The molecule has 28 heteroatoms. The summed E-state index contributed by atoms with van der Waals surface area (Å²) in [6.45, 7) is 14.8. The van der Waals surface area contributed by atoms with Crippen molar-refractivity contribution in [3.63, 3.8) is 0 Å². The summed E-state index contributed by atoms with van der Waals surface area (Å²) in [7, 11) is -4.23. The van der Waals surface area contributed by atoms with Gasteiger partial charge in [0.1, 0.15) is 96.0 Å². The number of rotatable bonds is 16. The van der Waals surface area contributed by atoms with Crippen LogP contribution in [0.1, 0.15) is 120 Å². The van der Waals surface area contributed by atoms with E-state index in [1.807, 2.05) is 20.8 Å². The van der Waals surface area contributed by atoms with Crippen LogP contribution in [-0.2, 0) is 66.7 Å². The number of fused-ring (bicyclic) bond motifs is 4. The van der Waals surface area contributed by atoms with Gasteiger partial charge in [-0.15, -0.1) is 0 Å². The number of hydrogen-bond acceptors (Lipinski definition) is 26. The first-order valence-corrected chi connectivity index (χ1v) is 29.7. The van der Waals surface area contributed by atoms with Crippen LogP contribution in [0, 0.1) is 33.5 Å². The van der Waals surface area contributed by atoms with Crippen molar-refractivity contribution in [2.24, 2.45) is 33.5 Å². The Labute approximate surface area is 500 Å². The average molecular weight is 1210 g/mol. The predicted octanol–water partition coefficient (Wildman–Crippen LogP) is -4.59. The van der Waals surface area contributed by atoms with E-state index in [-0.39, 0.29) is 47.8 Å². The second-order valence-corrected chi connectivity index (χ2v) is 27.4. The molecule has 82 heavy (non-hydrogen) atoms. The van der Waals surface area contributed by atoms with Crippen molar-refractivity contribution in [3.05, 3.63) is 11.6 Å². The van der Waals surface area contributed by atoms with E-state index >= 15 is 0 Å². The summed E-state index contributed by atoms with van der Waals surface area (Å²) in [6.07, 6.45) is -27.2. The summed E-state index contributed by atoms with van der Waals surface area (Å²) in [5, 5.41) is 125. The molecule has 1 unspecified atom stereocenters. The maximum atomic E-state index is 14.5. The van der Waals surface area contributed by atoms with Gasteiger partial charge in [-0.25, -0.2) is 8.42 Å². The van der Waals surface area contributed by atoms with Gasteiger partial charge in [-0.05, 0) is 120 Å². The molecule has 5 aliphatic heterocycles. The van der Waals surface area contributed by atoms with E-state index in [1.165, 1.54) is 21.0 Å². The molecule has 3 saturated carbocycles. The smallest absolute Gasteiger partial charge is 0.726 e. The van der Waals surface area contributed by atoms with Crippen LogP contribution < -0.4 is 29.6 Å². The van der Waals surface area contributed by atoms with Crippen molar-refractivity contribution >= 4 is 16.4 Å². The van der Waals surface area contributed by atoms with Crippen LogP contribution in [0.5, 0.6) is 0 Å². The first kappa shape index (κ1) is 67.2. The standard InChI is InChI=1S/C54H88O26S.Na/c1-23-32(57)41(77-45-37(62)40(70-10)33(58)27(21-55)74-45)38(63)44(72-23)76-39-24(2)73-43(36(61)35(39)60)78-42-34(59)28(80-81(67,68)69)22-71-46(42)75-31-14-17-50(7)26-20-30(56)54-47(64)79-52(9,16-11-15-48(3,4)65)53(54,66)19-18-51(54,8)25(26)12-13-29(50)49(31,5)6;/h20,23-25,27-46,55-63,65-66H,11-19,21-22H2,1-10H3,(H,67,68,69);/q;+1/p-1/t23-,24-,25-,27-,28-,29+,30+,31?,32-,33-,34+,35-,36-,37-,38-,39-,40+,41+,42-,43+,44+,45+,46+,50-,51+,52+,53+,54-;/m1./s1. The van der Waals surface area contributed by atoms with Crippen LogP contribution in [0.4, 0.5) is 0 Å². The molecule has 11 N–H and O–H groups in total. The first-order chi connectivity index (χ1) is 37.6. The zero-order valence-corrected chi connectivity index (χ0v) is 51.4. The number of esters is 1.